The minimum absolute atomic E-state index is 0.0816. The second kappa shape index (κ2) is 7.03. The van der Waals surface area contributed by atoms with E-state index < -0.39 is 0 Å². The van der Waals surface area contributed by atoms with Crippen LogP contribution in [0.15, 0.2) is 16.9 Å². The van der Waals surface area contributed by atoms with Crippen molar-refractivity contribution in [1.29, 1.82) is 0 Å². The van der Waals surface area contributed by atoms with Gasteiger partial charge in [-0.05, 0) is 55.9 Å². The van der Waals surface area contributed by atoms with Crippen molar-refractivity contribution in [2.75, 3.05) is 5.32 Å². The summed E-state index contributed by atoms with van der Waals surface area (Å²) in [5.74, 6) is 0.434. The highest BCUT2D eigenvalue weighted by molar-refractivity contribution is 7.22. The first-order chi connectivity index (χ1) is 14.0. The van der Waals surface area contributed by atoms with Gasteiger partial charge >= 0.3 is 0 Å². The molecule has 6 nitrogen and oxygen atoms in total. The maximum absolute atomic E-state index is 12.5. The topological polar surface area (TPSA) is 87.7 Å². The highest BCUT2D eigenvalue weighted by Gasteiger charge is 2.21. The van der Waals surface area contributed by atoms with Crippen molar-refractivity contribution in [3.8, 4) is 0 Å². The molecule has 1 aromatic carbocycles. The molecule has 0 saturated carbocycles. The summed E-state index contributed by atoms with van der Waals surface area (Å²) >= 11 is 3.09. The van der Waals surface area contributed by atoms with Crippen LogP contribution < -0.4 is 10.9 Å². The number of amides is 1. The van der Waals surface area contributed by atoms with Crippen LogP contribution >= 0.6 is 22.7 Å². The van der Waals surface area contributed by atoms with Crippen LogP contribution in [0.1, 0.15) is 40.2 Å². The summed E-state index contributed by atoms with van der Waals surface area (Å²) in [6.45, 7) is 4.10. The minimum Gasteiger partial charge on any atom is -0.310 e. The van der Waals surface area contributed by atoms with Gasteiger partial charge in [0.1, 0.15) is 10.7 Å². The SMILES string of the molecule is Cc1ccc2sc(NC(=O)CCc3nc4sc5c(c4c(=O)[nH]3)CCC5)nc2c1C. The normalized spacial score (nSPS) is 13.3. The number of anilines is 1. The molecule has 0 fully saturated rings. The molecule has 1 aliphatic carbocycles. The standard InChI is InChI=1S/C21H20N4O2S2/c1-10-6-7-14-18(11(10)2)25-21(29-14)24-16(26)9-8-15-22-19(27)17-12-4-3-5-13(12)28-20(17)23-15/h6-7H,3-5,8-9H2,1-2H3,(H,22,23,27)(H,24,25,26). The lowest BCUT2D eigenvalue weighted by Crippen LogP contribution is -2.16. The molecule has 1 amide bonds. The average Bonchev–Trinajstić information content (AvgIpc) is 3.37. The van der Waals surface area contributed by atoms with Gasteiger partial charge in [0.2, 0.25) is 5.91 Å². The number of aromatic nitrogens is 3. The number of nitrogens with one attached hydrogen (secondary N) is 2. The minimum atomic E-state index is -0.130. The van der Waals surface area contributed by atoms with Gasteiger partial charge in [0, 0.05) is 17.7 Å². The van der Waals surface area contributed by atoms with Crippen LogP contribution in [0.2, 0.25) is 0 Å². The zero-order valence-corrected chi connectivity index (χ0v) is 17.9. The number of carbonyl (C=O) groups is 1. The maximum Gasteiger partial charge on any atom is 0.259 e. The van der Waals surface area contributed by atoms with E-state index in [9.17, 15) is 9.59 Å². The Hall–Kier alpha value is -2.58. The van der Waals surface area contributed by atoms with Gasteiger partial charge in [-0.15, -0.1) is 11.3 Å². The summed E-state index contributed by atoms with van der Waals surface area (Å²) in [6, 6.07) is 4.10. The predicted octanol–water partition coefficient (Wildman–Crippen LogP) is 4.27. The zero-order valence-electron chi connectivity index (χ0n) is 16.2. The van der Waals surface area contributed by atoms with Crippen molar-refractivity contribution in [3.05, 3.63) is 49.9 Å². The molecule has 0 aliphatic heterocycles. The van der Waals surface area contributed by atoms with E-state index in [2.05, 4.69) is 33.3 Å². The molecule has 5 rings (SSSR count). The van der Waals surface area contributed by atoms with Crippen LogP contribution in [0.4, 0.5) is 5.13 Å². The second-order valence-electron chi connectivity index (χ2n) is 7.47. The highest BCUT2D eigenvalue weighted by atomic mass is 32.1. The zero-order chi connectivity index (χ0) is 20.1. The number of rotatable bonds is 4. The van der Waals surface area contributed by atoms with Crippen LogP contribution in [0, 0.1) is 13.8 Å². The molecule has 3 heterocycles. The lowest BCUT2D eigenvalue weighted by Gasteiger charge is -2.02. The fourth-order valence-electron chi connectivity index (χ4n) is 3.86. The van der Waals surface area contributed by atoms with E-state index in [1.807, 2.05) is 13.0 Å². The van der Waals surface area contributed by atoms with Crippen molar-refractivity contribution < 1.29 is 4.79 Å². The fourth-order valence-corrected chi connectivity index (χ4v) is 6.08. The Labute approximate surface area is 175 Å². The summed E-state index contributed by atoms with van der Waals surface area (Å²) in [5.41, 5.74) is 4.35. The molecule has 148 valence electrons. The lowest BCUT2D eigenvalue weighted by atomic mass is 10.1. The number of hydrogen-bond acceptors (Lipinski definition) is 6. The third-order valence-corrected chi connectivity index (χ3v) is 7.67. The Balaban J connectivity index is 1.31. The van der Waals surface area contributed by atoms with Crippen LogP contribution in [0.5, 0.6) is 0 Å². The number of H-pyrrole nitrogens is 1. The Morgan fingerprint density at radius 3 is 2.93 bits per heavy atom. The molecule has 0 bridgehead atoms. The molecule has 4 aromatic rings. The van der Waals surface area contributed by atoms with E-state index in [4.69, 9.17) is 0 Å². The number of aryl methyl sites for hydroxylation is 5. The number of nitrogens with zero attached hydrogens (tertiary/aromatic N) is 2. The first kappa shape index (κ1) is 18.4. The monoisotopic (exact) mass is 424 g/mol. The maximum atomic E-state index is 12.5. The number of thiophene rings is 1. The fraction of sp³-hybridized carbons (Fsp3) is 0.333. The molecule has 3 aromatic heterocycles. The van der Waals surface area contributed by atoms with Crippen molar-refractivity contribution in [2.24, 2.45) is 0 Å². The molecule has 2 N–H and O–H groups in total. The lowest BCUT2D eigenvalue weighted by molar-refractivity contribution is -0.116. The number of hydrogen-bond donors (Lipinski definition) is 2. The summed E-state index contributed by atoms with van der Waals surface area (Å²) in [4.78, 5) is 39.1. The molecule has 0 atom stereocenters. The Bertz CT molecular complexity index is 1330. The van der Waals surface area contributed by atoms with Crippen molar-refractivity contribution in [1.82, 2.24) is 15.0 Å². The van der Waals surface area contributed by atoms with E-state index in [0.29, 0.717) is 17.4 Å². The summed E-state index contributed by atoms with van der Waals surface area (Å²) < 4.78 is 1.06. The molecule has 1 aliphatic rings. The van der Waals surface area contributed by atoms with Crippen molar-refractivity contribution in [3.63, 3.8) is 0 Å². The van der Waals surface area contributed by atoms with Gasteiger partial charge in [-0.25, -0.2) is 9.97 Å². The molecule has 0 unspecified atom stereocenters. The molecule has 0 saturated heterocycles. The third kappa shape index (κ3) is 3.26. The van der Waals surface area contributed by atoms with Gasteiger partial charge in [0.15, 0.2) is 5.13 Å². The second-order valence-corrected chi connectivity index (χ2v) is 9.59. The molecular formula is C21H20N4O2S2. The Morgan fingerprint density at radius 1 is 1.21 bits per heavy atom. The molecule has 0 spiro atoms. The van der Waals surface area contributed by atoms with E-state index in [0.717, 1.165) is 45.3 Å². The number of carbonyl (C=O) groups excluding carboxylic acids is 1. The number of fused-ring (bicyclic) bond motifs is 4. The van der Waals surface area contributed by atoms with E-state index >= 15 is 0 Å². The third-order valence-electron chi connectivity index (χ3n) is 5.54. The van der Waals surface area contributed by atoms with Gasteiger partial charge in [0.25, 0.3) is 5.56 Å². The average molecular weight is 425 g/mol. The van der Waals surface area contributed by atoms with Gasteiger partial charge in [-0.3, -0.25) is 9.59 Å². The number of thiazole rings is 1. The molecule has 29 heavy (non-hydrogen) atoms. The van der Waals surface area contributed by atoms with Crippen LogP contribution in [0.25, 0.3) is 20.4 Å². The van der Waals surface area contributed by atoms with E-state index in [1.165, 1.54) is 27.3 Å². The van der Waals surface area contributed by atoms with E-state index in [1.54, 1.807) is 11.3 Å². The van der Waals surface area contributed by atoms with Gasteiger partial charge < -0.3 is 10.3 Å². The first-order valence-electron chi connectivity index (χ1n) is 9.69. The molecular weight excluding hydrogens is 404 g/mol. The number of aromatic amines is 1. The van der Waals surface area contributed by atoms with Crippen molar-refractivity contribution in [2.45, 2.75) is 46.0 Å². The molecule has 0 radical (unpaired) electrons. The van der Waals surface area contributed by atoms with Gasteiger partial charge in [0.05, 0.1) is 15.6 Å². The largest absolute Gasteiger partial charge is 0.310 e. The predicted molar refractivity (Wildman–Crippen MR) is 118 cm³/mol. The smallest absolute Gasteiger partial charge is 0.259 e. The Morgan fingerprint density at radius 2 is 2.07 bits per heavy atom. The molecule has 8 heteroatoms. The van der Waals surface area contributed by atoms with Crippen LogP contribution in [-0.4, -0.2) is 20.9 Å². The first-order valence-corrected chi connectivity index (χ1v) is 11.3. The van der Waals surface area contributed by atoms with E-state index in [-0.39, 0.29) is 17.9 Å². The number of benzene rings is 1. The summed E-state index contributed by atoms with van der Waals surface area (Å²) in [7, 11) is 0. The summed E-state index contributed by atoms with van der Waals surface area (Å²) in [6.07, 6.45) is 3.75. The van der Waals surface area contributed by atoms with Gasteiger partial charge in [-0.1, -0.05) is 17.4 Å². The van der Waals surface area contributed by atoms with Gasteiger partial charge in [-0.2, -0.15) is 0 Å². The van der Waals surface area contributed by atoms with Crippen LogP contribution in [0.3, 0.4) is 0 Å². The highest BCUT2D eigenvalue weighted by Crippen LogP contribution is 2.34. The van der Waals surface area contributed by atoms with Crippen LogP contribution in [-0.2, 0) is 24.1 Å². The van der Waals surface area contributed by atoms with Crippen molar-refractivity contribution >= 4 is 54.1 Å². The summed E-state index contributed by atoms with van der Waals surface area (Å²) in [5, 5.41) is 4.23. The quantitative estimate of drug-likeness (QED) is 0.512. The Kier molecular flexibility index (Phi) is 4.48.